The molecule has 0 aliphatic carbocycles. The van der Waals surface area contributed by atoms with Crippen LogP contribution in [0.4, 0.5) is 0 Å². The van der Waals surface area contributed by atoms with Crippen molar-refractivity contribution in [2.75, 3.05) is 13.2 Å². The van der Waals surface area contributed by atoms with Gasteiger partial charge in [-0.25, -0.2) is 0 Å². The molecule has 50 heavy (non-hydrogen) atoms. The van der Waals surface area contributed by atoms with Crippen molar-refractivity contribution in [3.63, 3.8) is 0 Å². The first-order valence-electron chi connectivity index (χ1n) is 19.9. The molecule has 0 fully saturated rings. The van der Waals surface area contributed by atoms with Crippen LogP contribution < -0.4 is 68.9 Å². The van der Waals surface area contributed by atoms with Crippen LogP contribution in [0.2, 0.25) is 0 Å². The second-order valence-electron chi connectivity index (χ2n) is 13.6. The molecule has 0 amide bonds. The molecule has 0 saturated carbocycles. The molecule has 1 atom stereocenters. The topological polar surface area (TPSA) is 125 Å². The quantitative estimate of drug-likeness (QED) is 0.0297. The third kappa shape index (κ3) is 44.9. The molecule has 0 aliphatic rings. The van der Waals surface area contributed by atoms with Crippen LogP contribution in [0.15, 0.2) is 12.2 Å². The summed E-state index contributed by atoms with van der Waals surface area (Å²) in [6.07, 6.45) is 37.4. The van der Waals surface area contributed by atoms with Crippen molar-refractivity contribution in [1.82, 2.24) is 0 Å². The molecular formula is C39H73Na2O8P. The molecule has 0 aromatic heterocycles. The summed E-state index contributed by atoms with van der Waals surface area (Å²) in [6, 6.07) is 0. The van der Waals surface area contributed by atoms with E-state index in [2.05, 4.69) is 30.5 Å². The molecule has 0 radical (unpaired) electrons. The van der Waals surface area contributed by atoms with Crippen LogP contribution >= 0.6 is 7.82 Å². The van der Waals surface area contributed by atoms with Crippen molar-refractivity contribution in [3.05, 3.63) is 12.2 Å². The molecule has 0 unspecified atom stereocenters. The number of phosphoric acid groups is 1. The normalized spacial score (nSPS) is 12.0. The van der Waals surface area contributed by atoms with Gasteiger partial charge in [0.15, 0.2) is 6.10 Å². The van der Waals surface area contributed by atoms with E-state index in [9.17, 15) is 23.9 Å². The number of unbranched alkanes of at least 4 members (excludes halogenated alkanes) is 25. The Bertz CT molecular complexity index is 809. The van der Waals surface area contributed by atoms with Crippen molar-refractivity contribution < 1.29 is 97.1 Å². The van der Waals surface area contributed by atoms with Gasteiger partial charge in [-0.05, 0) is 38.5 Å². The maximum absolute atomic E-state index is 12.3. The molecule has 8 nitrogen and oxygen atoms in total. The number of allylic oxidation sites excluding steroid dienone is 2. The largest absolute Gasteiger partial charge is 1.00 e. The van der Waals surface area contributed by atoms with Gasteiger partial charge in [-0.15, -0.1) is 0 Å². The Kier molecular flexibility index (Phi) is 46.9. The van der Waals surface area contributed by atoms with Crippen LogP contribution in [0.5, 0.6) is 0 Å². The van der Waals surface area contributed by atoms with Crippen LogP contribution in [0.1, 0.15) is 206 Å². The first-order valence-corrected chi connectivity index (χ1v) is 21.4. The van der Waals surface area contributed by atoms with Crippen LogP contribution in [-0.4, -0.2) is 31.3 Å². The molecule has 0 bridgehead atoms. The fourth-order valence-electron chi connectivity index (χ4n) is 5.77. The maximum Gasteiger partial charge on any atom is 1.00 e. The molecule has 0 aromatic rings. The van der Waals surface area contributed by atoms with Crippen LogP contribution in [0.25, 0.3) is 0 Å². The van der Waals surface area contributed by atoms with Gasteiger partial charge in [0.1, 0.15) is 6.61 Å². The van der Waals surface area contributed by atoms with E-state index in [1.807, 2.05) is 0 Å². The Morgan fingerprint density at radius 1 is 0.520 bits per heavy atom. The van der Waals surface area contributed by atoms with Crippen LogP contribution in [-0.2, 0) is 28.2 Å². The van der Waals surface area contributed by atoms with Crippen molar-refractivity contribution in [2.24, 2.45) is 0 Å². The number of esters is 2. The van der Waals surface area contributed by atoms with Gasteiger partial charge in [0.2, 0.25) is 0 Å². The molecule has 0 spiro atoms. The predicted octanol–water partition coefficient (Wildman–Crippen LogP) is 4.59. The van der Waals surface area contributed by atoms with Crippen molar-refractivity contribution in [3.8, 4) is 0 Å². The summed E-state index contributed by atoms with van der Waals surface area (Å²) in [6.45, 7) is 3.50. The molecule has 11 heteroatoms. The summed E-state index contributed by atoms with van der Waals surface area (Å²) in [5, 5.41) is 0. The predicted molar refractivity (Wildman–Crippen MR) is 193 cm³/mol. The minimum atomic E-state index is -5.25. The second kappa shape index (κ2) is 42.5. The fraction of sp³-hybridized carbons (Fsp3) is 0.897. The molecule has 0 N–H and O–H groups in total. The van der Waals surface area contributed by atoms with Crippen LogP contribution in [0, 0.1) is 0 Å². The van der Waals surface area contributed by atoms with Gasteiger partial charge in [0, 0.05) is 12.8 Å². The Balaban J connectivity index is -0.0000110. The number of carbonyl (C=O) groups is 2. The third-order valence-electron chi connectivity index (χ3n) is 8.77. The third-order valence-corrected chi connectivity index (χ3v) is 9.24. The van der Waals surface area contributed by atoms with Gasteiger partial charge in [-0.3, -0.25) is 9.59 Å². The summed E-state index contributed by atoms with van der Waals surface area (Å²) in [5.74, 6) is -0.957. The number of hydrogen-bond donors (Lipinski definition) is 0. The molecule has 0 rings (SSSR count). The summed E-state index contributed by atoms with van der Waals surface area (Å²) < 4.78 is 25.8. The fourth-order valence-corrected chi connectivity index (χ4v) is 6.12. The first-order chi connectivity index (χ1) is 23.3. The van der Waals surface area contributed by atoms with Crippen molar-refractivity contribution in [1.29, 1.82) is 0 Å². The van der Waals surface area contributed by atoms with E-state index in [1.54, 1.807) is 0 Å². The number of carbonyl (C=O) groups excluding carboxylic acids is 2. The number of rotatable bonds is 37. The minimum absolute atomic E-state index is 0. The molecule has 0 heterocycles. The number of hydrogen-bond acceptors (Lipinski definition) is 8. The average Bonchev–Trinajstić information content (AvgIpc) is 3.05. The Morgan fingerprint density at radius 3 is 1.24 bits per heavy atom. The first kappa shape index (κ1) is 55.1. The summed E-state index contributed by atoms with van der Waals surface area (Å²) in [4.78, 5) is 46.5. The summed E-state index contributed by atoms with van der Waals surface area (Å²) >= 11 is 0. The minimum Gasteiger partial charge on any atom is -0.790 e. The van der Waals surface area contributed by atoms with Crippen molar-refractivity contribution >= 4 is 19.8 Å². The van der Waals surface area contributed by atoms with E-state index in [-0.39, 0.29) is 78.6 Å². The summed E-state index contributed by atoms with van der Waals surface area (Å²) in [5.41, 5.74) is 0. The van der Waals surface area contributed by atoms with Gasteiger partial charge in [-0.2, -0.15) is 0 Å². The Hall–Kier alpha value is 0.790. The van der Waals surface area contributed by atoms with E-state index < -0.39 is 32.5 Å². The van der Waals surface area contributed by atoms with E-state index in [0.29, 0.717) is 12.8 Å². The maximum atomic E-state index is 12.3. The summed E-state index contributed by atoms with van der Waals surface area (Å²) in [7, 11) is -5.25. The monoisotopic (exact) mass is 746 g/mol. The standard InChI is InChI=1S/C39H75O8P.2Na/c1-3-5-7-9-11-13-15-17-19-21-23-25-27-29-31-33-38(40)45-35-37(36-46-48(42,43)44)47-39(41)34-32-30-28-26-24-22-20-18-16-14-12-10-8-6-4-2;;/h18,20,37H,3-17,19,21-36H2,1-2H3,(H2,42,43,44);;/q;2*+1/p-2/b20-18-;;/t37-;;/m1../s1. The van der Waals surface area contributed by atoms with Gasteiger partial charge >= 0.3 is 71.1 Å². The van der Waals surface area contributed by atoms with Crippen molar-refractivity contribution in [2.45, 2.75) is 213 Å². The molecule has 284 valence electrons. The SMILES string of the molecule is CCCCCCCC/C=C\CCCCCCCC(=O)O[C@H](COC(=O)CCCCCCCCCCCCCCCCC)COP(=O)([O-])[O-].[Na+].[Na+]. The Labute approximate surface area is 352 Å². The zero-order valence-electron chi connectivity index (χ0n) is 33.1. The zero-order chi connectivity index (χ0) is 35.4. The second-order valence-corrected chi connectivity index (χ2v) is 14.7. The van der Waals surface area contributed by atoms with E-state index in [0.717, 1.165) is 44.9 Å². The average molecular weight is 747 g/mol. The van der Waals surface area contributed by atoms with E-state index in [4.69, 9.17) is 9.47 Å². The van der Waals surface area contributed by atoms with E-state index in [1.165, 1.54) is 122 Å². The van der Waals surface area contributed by atoms with Gasteiger partial charge in [0.25, 0.3) is 0 Å². The molecule has 0 saturated heterocycles. The van der Waals surface area contributed by atoms with Gasteiger partial charge < -0.3 is 28.3 Å². The van der Waals surface area contributed by atoms with E-state index >= 15 is 0 Å². The zero-order valence-corrected chi connectivity index (χ0v) is 38.0. The number of phosphoric ester groups is 1. The van der Waals surface area contributed by atoms with Gasteiger partial charge in [-0.1, -0.05) is 167 Å². The Morgan fingerprint density at radius 2 is 0.860 bits per heavy atom. The van der Waals surface area contributed by atoms with Crippen LogP contribution in [0.3, 0.4) is 0 Å². The molecule has 0 aliphatic heterocycles. The molecular weight excluding hydrogens is 673 g/mol. The number of ether oxygens (including phenoxy) is 2. The smallest absolute Gasteiger partial charge is 0.790 e. The van der Waals surface area contributed by atoms with Gasteiger partial charge in [0.05, 0.1) is 14.4 Å². The molecule has 0 aromatic carbocycles.